The Kier molecular flexibility index (Phi) is 2.98. The van der Waals surface area contributed by atoms with Crippen LogP contribution in [0.25, 0.3) is 0 Å². The van der Waals surface area contributed by atoms with Gasteiger partial charge in [0.2, 0.25) is 0 Å². The van der Waals surface area contributed by atoms with E-state index in [2.05, 4.69) is 0 Å². The van der Waals surface area contributed by atoms with Gasteiger partial charge in [0.1, 0.15) is 5.75 Å². The van der Waals surface area contributed by atoms with Gasteiger partial charge in [-0.3, -0.25) is 0 Å². The summed E-state index contributed by atoms with van der Waals surface area (Å²) in [6.07, 6.45) is 0.769. The fourth-order valence-corrected chi connectivity index (χ4v) is 3.82. The average molecular weight is 279 g/mol. The molecule has 0 spiro atoms. The first kappa shape index (κ1) is 11.9. The third-order valence-electron chi connectivity index (χ3n) is 3.08. The summed E-state index contributed by atoms with van der Waals surface area (Å²) < 4.78 is 17.7. The molecule has 0 saturated heterocycles. The Morgan fingerprint density at radius 3 is 2.72 bits per heavy atom. The molecule has 92 valence electrons. The molecule has 0 saturated carbocycles. The Bertz CT molecular complexity index is 613. The van der Waals surface area contributed by atoms with Gasteiger partial charge in [-0.1, -0.05) is 17.7 Å². The molecule has 0 fully saturated rings. The van der Waals surface area contributed by atoms with Crippen molar-refractivity contribution in [3.05, 3.63) is 52.5 Å². The number of hydrogen-bond acceptors (Lipinski definition) is 2. The van der Waals surface area contributed by atoms with Gasteiger partial charge < -0.3 is 9.29 Å². The van der Waals surface area contributed by atoms with Gasteiger partial charge >= 0.3 is 0 Å². The fourth-order valence-electron chi connectivity index (χ4n) is 2.17. The van der Waals surface area contributed by atoms with E-state index in [9.17, 15) is 4.55 Å². The summed E-state index contributed by atoms with van der Waals surface area (Å²) in [7, 11) is 1.63. The van der Waals surface area contributed by atoms with Crippen LogP contribution in [0.1, 0.15) is 11.1 Å². The van der Waals surface area contributed by atoms with Crippen LogP contribution in [0, 0.1) is 0 Å². The molecule has 1 aliphatic heterocycles. The normalized spacial score (nSPS) is 16.9. The van der Waals surface area contributed by atoms with E-state index in [4.69, 9.17) is 16.3 Å². The minimum atomic E-state index is -1.15. The molecular weight excluding hydrogens is 268 g/mol. The number of hydrogen-bond donors (Lipinski definition) is 0. The maximum absolute atomic E-state index is 12.5. The zero-order valence-electron chi connectivity index (χ0n) is 9.77. The van der Waals surface area contributed by atoms with Crippen LogP contribution in [-0.4, -0.2) is 11.7 Å². The van der Waals surface area contributed by atoms with Crippen molar-refractivity contribution in [2.75, 3.05) is 7.11 Å². The van der Waals surface area contributed by atoms with Gasteiger partial charge in [-0.25, -0.2) is 0 Å². The van der Waals surface area contributed by atoms with E-state index >= 15 is 0 Å². The molecule has 3 rings (SSSR count). The second kappa shape index (κ2) is 4.50. The van der Waals surface area contributed by atoms with Crippen molar-refractivity contribution in [3.63, 3.8) is 0 Å². The molecule has 0 aromatic heterocycles. The number of benzene rings is 2. The summed E-state index contributed by atoms with van der Waals surface area (Å²) in [4.78, 5) is 1.67. The first-order chi connectivity index (χ1) is 8.69. The van der Waals surface area contributed by atoms with Gasteiger partial charge in [0.25, 0.3) is 0 Å². The van der Waals surface area contributed by atoms with Crippen LogP contribution in [-0.2, 0) is 17.6 Å². The summed E-state index contributed by atoms with van der Waals surface area (Å²) >= 11 is 4.81. The van der Waals surface area contributed by atoms with Crippen LogP contribution < -0.4 is 4.74 Å². The van der Waals surface area contributed by atoms with E-state index in [-0.39, 0.29) is 0 Å². The third-order valence-corrected chi connectivity index (χ3v) is 4.89. The van der Waals surface area contributed by atoms with Crippen LogP contribution in [0.3, 0.4) is 0 Å². The minimum absolute atomic E-state index is 0.624. The van der Waals surface area contributed by atoms with E-state index in [0.717, 1.165) is 33.1 Å². The summed E-state index contributed by atoms with van der Waals surface area (Å²) in [5, 5.41) is 0.624. The maximum Gasteiger partial charge on any atom is 0.163 e. The molecule has 0 aliphatic carbocycles. The lowest BCUT2D eigenvalue weighted by Crippen LogP contribution is -2.14. The molecule has 0 N–H and O–H groups in total. The van der Waals surface area contributed by atoms with Gasteiger partial charge in [-0.15, -0.1) is 0 Å². The molecular formula is C14H11ClO2S. The van der Waals surface area contributed by atoms with E-state index in [1.54, 1.807) is 13.2 Å². The first-order valence-corrected chi connectivity index (χ1v) is 7.09. The Balaban J connectivity index is 2.12. The minimum Gasteiger partial charge on any atom is -0.606 e. The van der Waals surface area contributed by atoms with Gasteiger partial charge in [0, 0.05) is 39.8 Å². The second-order valence-electron chi connectivity index (χ2n) is 4.17. The zero-order valence-corrected chi connectivity index (χ0v) is 11.3. The van der Waals surface area contributed by atoms with Crippen molar-refractivity contribution in [2.45, 2.75) is 16.2 Å². The van der Waals surface area contributed by atoms with E-state index in [1.165, 1.54) is 0 Å². The summed E-state index contributed by atoms with van der Waals surface area (Å²) in [5.41, 5.74) is 2.13. The standard InChI is InChI=1S/C14H11ClO2S/c1-17-12-4-5-13-10(7-12)6-9-2-3-11(15)8-14(9)18(13)16/h2-5,7-8H,6H2,1H3. The Labute approximate surface area is 114 Å². The maximum atomic E-state index is 12.5. The molecule has 1 unspecified atom stereocenters. The van der Waals surface area contributed by atoms with Crippen molar-refractivity contribution in [1.82, 2.24) is 0 Å². The highest BCUT2D eigenvalue weighted by molar-refractivity contribution is 7.91. The Morgan fingerprint density at radius 2 is 1.94 bits per heavy atom. The van der Waals surface area contributed by atoms with Gasteiger partial charge in [-0.05, 0) is 24.3 Å². The second-order valence-corrected chi connectivity index (χ2v) is 6.02. The molecule has 1 aliphatic rings. The first-order valence-electron chi connectivity index (χ1n) is 5.56. The van der Waals surface area contributed by atoms with Crippen LogP contribution in [0.15, 0.2) is 46.2 Å². The highest BCUT2D eigenvalue weighted by atomic mass is 35.5. The molecule has 0 radical (unpaired) electrons. The molecule has 2 aromatic rings. The van der Waals surface area contributed by atoms with E-state index in [0.29, 0.717) is 5.02 Å². The molecule has 1 heterocycles. The lowest BCUT2D eigenvalue weighted by Gasteiger charge is -2.22. The number of fused-ring (bicyclic) bond motifs is 2. The van der Waals surface area contributed by atoms with E-state index < -0.39 is 11.2 Å². The Hall–Kier alpha value is -1.16. The van der Waals surface area contributed by atoms with Crippen molar-refractivity contribution in [1.29, 1.82) is 0 Å². The van der Waals surface area contributed by atoms with Crippen LogP contribution in [0.2, 0.25) is 5.02 Å². The van der Waals surface area contributed by atoms with Crippen molar-refractivity contribution in [2.24, 2.45) is 0 Å². The van der Waals surface area contributed by atoms with Gasteiger partial charge in [-0.2, -0.15) is 0 Å². The smallest absolute Gasteiger partial charge is 0.163 e. The average Bonchev–Trinajstić information content (AvgIpc) is 2.39. The Morgan fingerprint density at radius 1 is 1.11 bits per heavy atom. The van der Waals surface area contributed by atoms with Crippen LogP contribution >= 0.6 is 11.6 Å². The quantitative estimate of drug-likeness (QED) is 0.749. The van der Waals surface area contributed by atoms with Gasteiger partial charge in [0.15, 0.2) is 9.79 Å². The molecule has 1 atom stereocenters. The predicted octanol–water partition coefficient (Wildman–Crippen LogP) is 3.42. The summed E-state index contributed by atoms with van der Waals surface area (Å²) in [6, 6.07) is 11.2. The highest BCUT2D eigenvalue weighted by Gasteiger charge is 2.28. The van der Waals surface area contributed by atoms with E-state index in [1.807, 2.05) is 30.3 Å². The largest absolute Gasteiger partial charge is 0.606 e. The fraction of sp³-hybridized carbons (Fsp3) is 0.143. The number of halogens is 1. The summed E-state index contributed by atoms with van der Waals surface area (Å²) in [6.45, 7) is 0. The van der Waals surface area contributed by atoms with Crippen LogP contribution in [0.4, 0.5) is 0 Å². The highest BCUT2D eigenvalue weighted by Crippen LogP contribution is 2.37. The van der Waals surface area contributed by atoms with Crippen molar-refractivity contribution >= 4 is 22.8 Å². The van der Waals surface area contributed by atoms with Gasteiger partial charge in [0.05, 0.1) is 7.11 Å². The summed E-state index contributed by atoms with van der Waals surface area (Å²) in [5.74, 6) is 0.795. The number of methoxy groups -OCH3 is 1. The van der Waals surface area contributed by atoms with Crippen molar-refractivity contribution < 1.29 is 9.29 Å². The number of ether oxygens (including phenoxy) is 1. The molecule has 2 aromatic carbocycles. The molecule has 4 heteroatoms. The molecule has 2 nitrogen and oxygen atoms in total. The predicted molar refractivity (Wildman–Crippen MR) is 71.9 cm³/mol. The lowest BCUT2D eigenvalue weighted by molar-refractivity contribution is 0.414. The monoisotopic (exact) mass is 278 g/mol. The lowest BCUT2D eigenvalue weighted by atomic mass is 10.0. The topological polar surface area (TPSA) is 32.3 Å². The SMILES string of the molecule is COc1ccc2c(c1)Cc1ccc(Cl)cc1[S+]2[O-]. The molecule has 0 bridgehead atoms. The van der Waals surface area contributed by atoms with Crippen LogP contribution in [0.5, 0.6) is 5.75 Å². The zero-order chi connectivity index (χ0) is 12.7. The number of rotatable bonds is 1. The third kappa shape index (κ3) is 1.88. The molecule has 0 amide bonds. The van der Waals surface area contributed by atoms with Crippen molar-refractivity contribution in [3.8, 4) is 5.75 Å². The molecule has 18 heavy (non-hydrogen) atoms.